The summed E-state index contributed by atoms with van der Waals surface area (Å²) in [5, 5.41) is 2.61. The van der Waals surface area contributed by atoms with Gasteiger partial charge < -0.3 is 5.32 Å². The summed E-state index contributed by atoms with van der Waals surface area (Å²) in [4.78, 5) is 11.5. The largest absolute Gasteiger partial charge is 0.345 e. The monoisotopic (exact) mass is 244 g/mol. The SMILES string of the molecule is C#CCNC(=O)C1CCN(S(C)(=O)=O)CC1. The molecule has 16 heavy (non-hydrogen) atoms. The number of terminal acetylenes is 1. The van der Waals surface area contributed by atoms with E-state index in [9.17, 15) is 13.2 Å². The van der Waals surface area contributed by atoms with Crippen molar-refractivity contribution < 1.29 is 13.2 Å². The van der Waals surface area contributed by atoms with E-state index in [1.165, 1.54) is 10.6 Å². The number of nitrogens with zero attached hydrogens (tertiary/aromatic N) is 1. The van der Waals surface area contributed by atoms with Crippen LogP contribution in [0.25, 0.3) is 0 Å². The second-order valence-corrected chi connectivity index (χ2v) is 5.84. The van der Waals surface area contributed by atoms with Gasteiger partial charge >= 0.3 is 0 Å². The highest BCUT2D eigenvalue weighted by molar-refractivity contribution is 7.88. The van der Waals surface area contributed by atoms with Gasteiger partial charge in [0.25, 0.3) is 0 Å². The van der Waals surface area contributed by atoms with E-state index in [0.717, 1.165) is 0 Å². The Kier molecular flexibility index (Phi) is 4.33. The number of rotatable bonds is 3. The Morgan fingerprint density at radius 2 is 2.06 bits per heavy atom. The third-order valence-electron chi connectivity index (χ3n) is 2.66. The number of sulfonamides is 1. The van der Waals surface area contributed by atoms with Gasteiger partial charge in [0.05, 0.1) is 12.8 Å². The molecule has 0 aromatic carbocycles. The molecule has 0 aromatic rings. The van der Waals surface area contributed by atoms with Crippen LogP contribution in [-0.2, 0) is 14.8 Å². The first-order chi connectivity index (χ1) is 7.45. The van der Waals surface area contributed by atoms with E-state index < -0.39 is 10.0 Å². The van der Waals surface area contributed by atoms with Crippen LogP contribution in [0.4, 0.5) is 0 Å². The van der Waals surface area contributed by atoms with Crippen LogP contribution in [0.3, 0.4) is 0 Å². The van der Waals surface area contributed by atoms with E-state index in [1.54, 1.807) is 0 Å². The molecular formula is C10H16N2O3S. The van der Waals surface area contributed by atoms with Crippen LogP contribution >= 0.6 is 0 Å². The van der Waals surface area contributed by atoms with Crippen LogP contribution in [-0.4, -0.2) is 44.5 Å². The van der Waals surface area contributed by atoms with E-state index in [1.807, 2.05) is 0 Å². The molecule has 1 N–H and O–H groups in total. The first-order valence-electron chi connectivity index (χ1n) is 5.11. The lowest BCUT2D eigenvalue weighted by atomic mass is 9.97. The molecule has 5 nitrogen and oxygen atoms in total. The van der Waals surface area contributed by atoms with E-state index in [0.29, 0.717) is 25.9 Å². The van der Waals surface area contributed by atoms with Gasteiger partial charge in [0.2, 0.25) is 15.9 Å². The highest BCUT2D eigenvalue weighted by atomic mass is 32.2. The maximum atomic E-state index is 11.5. The Bertz CT molecular complexity index is 389. The number of hydrogen-bond acceptors (Lipinski definition) is 3. The van der Waals surface area contributed by atoms with Gasteiger partial charge in [-0.2, -0.15) is 0 Å². The maximum absolute atomic E-state index is 11.5. The zero-order valence-electron chi connectivity index (χ0n) is 9.27. The van der Waals surface area contributed by atoms with Crippen molar-refractivity contribution >= 4 is 15.9 Å². The summed E-state index contributed by atoms with van der Waals surface area (Å²) in [6.45, 7) is 1.05. The van der Waals surface area contributed by atoms with Crippen LogP contribution in [0.1, 0.15) is 12.8 Å². The zero-order chi connectivity index (χ0) is 12.2. The number of piperidine rings is 1. The van der Waals surface area contributed by atoms with E-state index in [2.05, 4.69) is 11.2 Å². The highest BCUT2D eigenvalue weighted by Crippen LogP contribution is 2.18. The smallest absolute Gasteiger partial charge is 0.223 e. The molecule has 90 valence electrons. The third-order valence-corrected chi connectivity index (χ3v) is 3.96. The first kappa shape index (κ1) is 13.0. The fourth-order valence-corrected chi connectivity index (χ4v) is 2.61. The lowest BCUT2D eigenvalue weighted by Gasteiger charge is -2.29. The fourth-order valence-electron chi connectivity index (χ4n) is 1.73. The normalized spacial score (nSPS) is 19.0. The van der Waals surface area contributed by atoms with Gasteiger partial charge in [-0.3, -0.25) is 4.79 Å². The van der Waals surface area contributed by atoms with Crippen LogP contribution in [0.15, 0.2) is 0 Å². The minimum absolute atomic E-state index is 0.0777. The van der Waals surface area contributed by atoms with Crippen molar-refractivity contribution in [1.29, 1.82) is 0 Å². The number of carbonyl (C=O) groups is 1. The molecule has 0 aromatic heterocycles. The standard InChI is InChI=1S/C10H16N2O3S/c1-3-6-11-10(13)9-4-7-12(8-5-9)16(2,14)15/h1,9H,4-8H2,2H3,(H,11,13). The maximum Gasteiger partial charge on any atom is 0.223 e. The molecule has 0 unspecified atom stereocenters. The molecule has 1 saturated heterocycles. The predicted molar refractivity (Wildman–Crippen MR) is 61.0 cm³/mol. The topological polar surface area (TPSA) is 66.5 Å². The minimum atomic E-state index is -3.12. The Morgan fingerprint density at radius 1 is 1.50 bits per heavy atom. The summed E-state index contributed by atoms with van der Waals surface area (Å²) in [5.74, 6) is 2.14. The zero-order valence-corrected chi connectivity index (χ0v) is 10.1. The minimum Gasteiger partial charge on any atom is -0.345 e. The molecule has 6 heteroatoms. The third kappa shape index (κ3) is 3.51. The number of amides is 1. The predicted octanol–water partition coefficient (Wildman–Crippen LogP) is -0.593. The molecule has 1 rings (SSSR count). The molecule has 0 saturated carbocycles. The molecule has 0 bridgehead atoms. The average Bonchev–Trinajstić information content (AvgIpc) is 2.25. The Labute approximate surface area is 96.2 Å². The van der Waals surface area contributed by atoms with Gasteiger partial charge in [-0.25, -0.2) is 12.7 Å². The molecule has 1 fully saturated rings. The Balaban J connectivity index is 2.44. The lowest BCUT2D eigenvalue weighted by Crippen LogP contribution is -2.42. The summed E-state index contributed by atoms with van der Waals surface area (Å²) in [6.07, 6.45) is 7.34. The fraction of sp³-hybridized carbons (Fsp3) is 0.700. The molecular weight excluding hydrogens is 228 g/mol. The van der Waals surface area contributed by atoms with Crippen molar-refractivity contribution in [3.05, 3.63) is 0 Å². The summed E-state index contributed by atoms with van der Waals surface area (Å²) in [6, 6.07) is 0. The van der Waals surface area contributed by atoms with Gasteiger partial charge in [-0.1, -0.05) is 5.92 Å². The quantitative estimate of drug-likeness (QED) is 0.675. The molecule has 0 radical (unpaired) electrons. The number of hydrogen-bond donors (Lipinski definition) is 1. The van der Waals surface area contributed by atoms with Gasteiger partial charge in [0.15, 0.2) is 0 Å². The first-order valence-corrected chi connectivity index (χ1v) is 6.96. The molecule has 1 heterocycles. The van der Waals surface area contributed by atoms with Gasteiger partial charge in [-0.05, 0) is 12.8 Å². The van der Waals surface area contributed by atoms with Crippen LogP contribution < -0.4 is 5.32 Å². The molecule has 1 aliphatic rings. The van der Waals surface area contributed by atoms with Crippen molar-refractivity contribution in [2.75, 3.05) is 25.9 Å². The van der Waals surface area contributed by atoms with Crippen molar-refractivity contribution in [3.63, 3.8) is 0 Å². The number of nitrogens with one attached hydrogen (secondary N) is 1. The van der Waals surface area contributed by atoms with Crippen molar-refractivity contribution in [2.24, 2.45) is 5.92 Å². The second kappa shape index (κ2) is 5.32. The van der Waals surface area contributed by atoms with E-state index in [-0.39, 0.29) is 18.4 Å². The summed E-state index contributed by atoms with van der Waals surface area (Å²) >= 11 is 0. The Hall–Kier alpha value is -1.06. The van der Waals surface area contributed by atoms with Crippen LogP contribution in [0.5, 0.6) is 0 Å². The summed E-state index contributed by atoms with van der Waals surface area (Å²) < 4.78 is 23.9. The van der Waals surface area contributed by atoms with Crippen molar-refractivity contribution in [3.8, 4) is 12.3 Å². The second-order valence-electron chi connectivity index (χ2n) is 3.86. The molecule has 0 spiro atoms. The molecule has 0 atom stereocenters. The highest BCUT2D eigenvalue weighted by Gasteiger charge is 2.28. The average molecular weight is 244 g/mol. The summed E-state index contributed by atoms with van der Waals surface area (Å²) in [7, 11) is -3.12. The molecule has 1 amide bonds. The van der Waals surface area contributed by atoms with Crippen molar-refractivity contribution in [2.45, 2.75) is 12.8 Å². The molecule has 0 aliphatic carbocycles. The Morgan fingerprint density at radius 3 is 2.50 bits per heavy atom. The molecule has 1 aliphatic heterocycles. The van der Waals surface area contributed by atoms with Gasteiger partial charge in [0.1, 0.15) is 0 Å². The number of carbonyl (C=O) groups excluding carboxylic acids is 1. The van der Waals surface area contributed by atoms with Crippen LogP contribution in [0.2, 0.25) is 0 Å². The van der Waals surface area contributed by atoms with Crippen molar-refractivity contribution in [1.82, 2.24) is 9.62 Å². The van der Waals surface area contributed by atoms with E-state index in [4.69, 9.17) is 6.42 Å². The van der Waals surface area contributed by atoms with Crippen LogP contribution in [0, 0.1) is 18.3 Å². The van der Waals surface area contributed by atoms with Gasteiger partial charge in [-0.15, -0.1) is 6.42 Å². The van der Waals surface area contributed by atoms with Gasteiger partial charge in [0, 0.05) is 19.0 Å². The lowest BCUT2D eigenvalue weighted by molar-refractivity contribution is -0.125. The summed E-state index contributed by atoms with van der Waals surface area (Å²) in [5.41, 5.74) is 0. The van der Waals surface area contributed by atoms with E-state index >= 15 is 0 Å².